The van der Waals surface area contributed by atoms with E-state index in [9.17, 15) is 22.0 Å². The van der Waals surface area contributed by atoms with Crippen LogP contribution < -0.4 is 10.0 Å². The summed E-state index contributed by atoms with van der Waals surface area (Å²) in [6.07, 6.45) is 0. The second-order valence-electron chi connectivity index (χ2n) is 5.60. The van der Waals surface area contributed by atoms with Crippen LogP contribution in [0, 0.1) is 11.6 Å². The molecule has 0 saturated heterocycles. The molecule has 0 aliphatic heterocycles. The molecule has 0 heterocycles. The molecular weight excluding hydrogens is 374 g/mol. The predicted octanol–water partition coefficient (Wildman–Crippen LogP) is 4.02. The lowest BCUT2D eigenvalue weighted by molar-refractivity contribution is 0.102. The number of carbonyl (C=O) groups excluding carboxylic acids is 1. The average Bonchev–Trinajstić information content (AvgIpc) is 2.64. The standard InChI is InChI=1S/C19H14F2N2O3S/c20-14-4-8-16(9-5-14)22-19(24)13-2-1-3-17(12-13)23-27(25,26)18-10-6-15(21)7-11-18/h1-12,23H,(H,22,24). The minimum absolute atomic E-state index is 0.106. The third kappa shape index (κ3) is 4.68. The Morgan fingerprint density at radius 3 is 2.00 bits per heavy atom. The van der Waals surface area contributed by atoms with Crippen LogP contribution in [0.15, 0.2) is 77.7 Å². The first-order valence-corrected chi connectivity index (χ1v) is 9.27. The first-order chi connectivity index (χ1) is 12.8. The molecule has 1 amide bonds. The van der Waals surface area contributed by atoms with Crippen LogP contribution in [0.25, 0.3) is 0 Å². The molecule has 0 fully saturated rings. The van der Waals surface area contributed by atoms with Crippen molar-refractivity contribution in [1.82, 2.24) is 0 Å². The highest BCUT2D eigenvalue weighted by Crippen LogP contribution is 2.18. The zero-order chi connectivity index (χ0) is 19.4. The van der Waals surface area contributed by atoms with Crippen LogP contribution >= 0.6 is 0 Å². The normalized spacial score (nSPS) is 11.0. The van der Waals surface area contributed by atoms with Crippen LogP contribution in [0.2, 0.25) is 0 Å². The topological polar surface area (TPSA) is 75.3 Å². The van der Waals surface area contributed by atoms with E-state index >= 15 is 0 Å². The Hall–Kier alpha value is -3.26. The number of hydrogen-bond donors (Lipinski definition) is 2. The maximum Gasteiger partial charge on any atom is 0.261 e. The van der Waals surface area contributed by atoms with Gasteiger partial charge in [0.15, 0.2) is 0 Å². The third-order valence-electron chi connectivity index (χ3n) is 3.60. The molecule has 0 spiro atoms. The summed E-state index contributed by atoms with van der Waals surface area (Å²) in [7, 11) is -3.93. The number of carbonyl (C=O) groups is 1. The number of nitrogens with one attached hydrogen (secondary N) is 2. The van der Waals surface area contributed by atoms with E-state index in [1.54, 1.807) is 0 Å². The maximum absolute atomic E-state index is 13.0. The molecule has 0 aromatic heterocycles. The van der Waals surface area contributed by atoms with Gasteiger partial charge < -0.3 is 5.32 Å². The summed E-state index contributed by atoms with van der Waals surface area (Å²) in [6.45, 7) is 0. The molecular formula is C19H14F2N2O3S. The lowest BCUT2D eigenvalue weighted by Crippen LogP contribution is -2.15. The van der Waals surface area contributed by atoms with Crippen molar-refractivity contribution in [2.45, 2.75) is 4.90 Å². The number of anilines is 2. The Morgan fingerprint density at radius 1 is 0.778 bits per heavy atom. The average molecular weight is 388 g/mol. The van der Waals surface area contributed by atoms with E-state index in [1.807, 2.05) is 0 Å². The zero-order valence-electron chi connectivity index (χ0n) is 13.8. The highest BCUT2D eigenvalue weighted by Gasteiger charge is 2.15. The van der Waals surface area contributed by atoms with E-state index in [1.165, 1.54) is 48.5 Å². The van der Waals surface area contributed by atoms with Gasteiger partial charge in [0.25, 0.3) is 15.9 Å². The molecule has 0 radical (unpaired) electrons. The van der Waals surface area contributed by atoms with Gasteiger partial charge >= 0.3 is 0 Å². The Balaban J connectivity index is 1.77. The molecule has 0 atom stereocenters. The van der Waals surface area contributed by atoms with E-state index < -0.39 is 27.6 Å². The van der Waals surface area contributed by atoms with Gasteiger partial charge in [-0.25, -0.2) is 17.2 Å². The van der Waals surface area contributed by atoms with Crippen molar-refractivity contribution < 1.29 is 22.0 Å². The van der Waals surface area contributed by atoms with Gasteiger partial charge in [0.05, 0.1) is 4.90 Å². The van der Waals surface area contributed by atoms with Crippen LogP contribution in [0.1, 0.15) is 10.4 Å². The fourth-order valence-corrected chi connectivity index (χ4v) is 3.34. The first-order valence-electron chi connectivity index (χ1n) is 7.79. The summed E-state index contributed by atoms with van der Waals surface area (Å²) in [5, 5.41) is 2.59. The molecule has 0 saturated carbocycles. The number of amides is 1. The Bertz CT molecular complexity index is 1070. The molecule has 3 aromatic carbocycles. The fourth-order valence-electron chi connectivity index (χ4n) is 2.29. The van der Waals surface area contributed by atoms with Gasteiger partial charge in [-0.15, -0.1) is 0 Å². The Labute approximate surface area is 154 Å². The quantitative estimate of drug-likeness (QED) is 0.693. The molecule has 3 aromatic rings. The molecule has 0 aliphatic rings. The van der Waals surface area contributed by atoms with Crippen LogP contribution in [0.5, 0.6) is 0 Å². The van der Waals surface area contributed by atoms with Crippen molar-refractivity contribution >= 4 is 27.3 Å². The molecule has 27 heavy (non-hydrogen) atoms. The Morgan fingerprint density at radius 2 is 1.37 bits per heavy atom. The number of rotatable bonds is 5. The second-order valence-corrected chi connectivity index (χ2v) is 7.28. The van der Waals surface area contributed by atoms with E-state index in [0.29, 0.717) is 5.69 Å². The summed E-state index contributed by atoms with van der Waals surface area (Å²) in [4.78, 5) is 12.2. The summed E-state index contributed by atoms with van der Waals surface area (Å²) in [5.41, 5.74) is 0.781. The van der Waals surface area contributed by atoms with E-state index in [4.69, 9.17) is 0 Å². The molecule has 3 rings (SSSR count). The van der Waals surface area contributed by atoms with Crippen LogP contribution in [0.4, 0.5) is 20.2 Å². The van der Waals surface area contributed by atoms with Gasteiger partial charge in [0, 0.05) is 16.9 Å². The summed E-state index contributed by atoms with van der Waals surface area (Å²) in [6, 6.07) is 15.5. The second kappa shape index (κ2) is 7.55. The number of sulfonamides is 1. The SMILES string of the molecule is O=C(Nc1ccc(F)cc1)c1cccc(NS(=O)(=O)c2ccc(F)cc2)c1. The van der Waals surface area contributed by atoms with E-state index in [2.05, 4.69) is 10.0 Å². The minimum atomic E-state index is -3.93. The van der Waals surface area contributed by atoms with Crippen LogP contribution in [-0.2, 0) is 10.0 Å². The van der Waals surface area contributed by atoms with Crippen molar-refractivity contribution in [2.24, 2.45) is 0 Å². The number of hydrogen-bond acceptors (Lipinski definition) is 3. The monoisotopic (exact) mass is 388 g/mol. The molecule has 8 heteroatoms. The van der Waals surface area contributed by atoms with Gasteiger partial charge in [0.1, 0.15) is 11.6 Å². The van der Waals surface area contributed by atoms with E-state index in [0.717, 1.165) is 24.3 Å². The van der Waals surface area contributed by atoms with Gasteiger partial charge in [-0.1, -0.05) is 6.07 Å². The predicted molar refractivity (Wildman–Crippen MR) is 98.0 cm³/mol. The lowest BCUT2D eigenvalue weighted by atomic mass is 10.2. The molecule has 0 aliphatic carbocycles. The van der Waals surface area contributed by atoms with Gasteiger partial charge in [-0.3, -0.25) is 9.52 Å². The van der Waals surface area contributed by atoms with Gasteiger partial charge in [0.2, 0.25) is 0 Å². The summed E-state index contributed by atoms with van der Waals surface area (Å²) in [5.74, 6) is -1.46. The minimum Gasteiger partial charge on any atom is -0.322 e. The Kier molecular flexibility index (Phi) is 5.18. The number of benzene rings is 3. The fraction of sp³-hybridized carbons (Fsp3) is 0. The molecule has 5 nitrogen and oxygen atoms in total. The van der Waals surface area contributed by atoms with Crippen molar-refractivity contribution in [1.29, 1.82) is 0 Å². The summed E-state index contributed by atoms with van der Waals surface area (Å²) < 4.78 is 52.9. The van der Waals surface area contributed by atoms with Gasteiger partial charge in [-0.2, -0.15) is 0 Å². The molecule has 2 N–H and O–H groups in total. The van der Waals surface area contributed by atoms with Crippen LogP contribution in [-0.4, -0.2) is 14.3 Å². The van der Waals surface area contributed by atoms with E-state index in [-0.39, 0.29) is 16.1 Å². The zero-order valence-corrected chi connectivity index (χ0v) is 14.6. The largest absolute Gasteiger partial charge is 0.322 e. The smallest absolute Gasteiger partial charge is 0.261 e. The van der Waals surface area contributed by atoms with Gasteiger partial charge in [-0.05, 0) is 66.7 Å². The molecule has 138 valence electrons. The van der Waals surface area contributed by atoms with Crippen LogP contribution in [0.3, 0.4) is 0 Å². The highest BCUT2D eigenvalue weighted by molar-refractivity contribution is 7.92. The third-order valence-corrected chi connectivity index (χ3v) is 5.00. The highest BCUT2D eigenvalue weighted by atomic mass is 32.2. The lowest BCUT2D eigenvalue weighted by Gasteiger charge is -2.10. The molecule has 0 bridgehead atoms. The maximum atomic E-state index is 13.0. The molecule has 0 unspecified atom stereocenters. The van der Waals surface area contributed by atoms with Crippen molar-refractivity contribution in [3.63, 3.8) is 0 Å². The summed E-state index contributed by atoms with van der Waals surface area (Å²) >= 11 is 0. The van der Waals surface area contributed by atoms with Crippen molar-refractivity contribution in [3.05, 3.63) is 90.0 Å². The van der Waals surface area contributed by atoms with Crippen molar-refractivity contribution in [2.75, 3.05) is 10.0 Å². The number of halogens is 2. The first kappa shape index (κ1) is 18.5. The van der Waals surface area contributed by atoms with Crippen molar-refractivity contribution in [3.8, 4) is 0 Å².